The maximum Gasteiger partial charge on any atom is 0.0587 e. The van der Waals surface area contributed by atoms with Gasteiger partial charge in [-0.1, -0.05) is 12.1 Å². The minimum absolute atomic E-state index is 0.787. The third-order valence-corrected chi connectivity index (χ3v) is 3.42. The van der Waals surface area contributed by atoms with Crippen LogP contribution >= 0.6 is 11.8 Å². The normalized spacial score (nSPS) is 10.8. The summed E-state index contributed by atoms with van der Waals surface area (Å²) in [5.41, 5.74) is 1.35. The van der Waals surface area contributed by atoms with Crippen LogP contribution in [-0.2, 0) is 11.3 Å². The van der Waals surface area contributed by atoms with E-state index in [4.69, 9.17) is 4.74 Å². The van der Waals surface area contributed by atoms with Gasteiger partial charge in [0.25, 0.3) is 0 Å². The highest BCUT2D eigenvalue weighted by Crippen LogP contribution is 2.14. The maximum absolute atomic E-state index is 4.97. The van der Waals surface area contributed by atoms with Gasteiger partial charge in [-0.05, 0) is 43.5 Å². The van der Waals surface area contributed by atoms with Gasteiger partial charge in [0.05, 0.1) is 6.61 Å². The van der Waals surface area contributed by atoms with E-state index in [0.29, 0.717) is 0 Å². The Morgan fingerprint density at radius 1 is 1.06 bits per heavy atom. The molecule has 0 aliphatic heterocycles. The Bertz CT molecular complexity index is 303. The lowest BCUT2D eigenvalue weighted by Crippen LogP contribution is -2.24. The first-order valence-electron chi connectivity index (χ1n) is 6.40. The number of hydrogen-bond donors (Lipinski definition) is 2. The first-order valence-corrected chi connectivity index (χ1v) is 7.62. The van der Waals surface area contributed by atoms with Crippen molar-refractivity contribution < 1.29 is 4.74 Å². The van der Waals surface area contributed by atoms with Crippen LogP contribution in [0, 0.1) is 0 Å². The first-order chi connectivity index (χ1) is 8.86. The molecule has 18 heavy (non-hydrogen) atoms. The lowest BCUT2D eigenvalue weighted by atomic mass is 10.2. The molecule has 2 N–H and O–H groups in total. The van der Waals surface area contributed by atoms with E-state index in [-0.39, 0.29) is 0 Å². The molecular weight excluding hydrogens is 244 g/mol. The molecule has 0 heterocycles. The molecule has 3 nitrogen and oxygen atoms in total. The SMILES string of the molecule is COCCNCCCNCc1ccc(SC)cc1. The van der Waals surface area contributed by atoms with Gasteiger partial charge in [-0.2, -0.15) is 0 Å². The molecule has 1 aromatic rings. The second kappa shape index (κ2) is 10.4. The van der Waals surface area contributed by atoms with Gasteiger partial charge in [-0.3, -0.25) is 0 Å². The monoisotopic (exact) mass is 268 g/mol. The Morgan fingerprint density at radius 2 is 1.78 bits per heavy atom. The van der Waals surface area contributed by atoms with Crippen molar-refractivity contribution in [1.29, 1.82) is 0 Å². The van der Waals surface area contributed by atoms with Crippen LogP contribution in [0.15, 0.2) is 29.2 Å². The fourth-order valence-corrected chi connectivity index (χ4v) is 2.02. The molecule has 0 aromatic heterocycles. The number of thioether (sulfide) groups is 1. The van der Waals surface area contributed by atoms with Crippen LogP contribution in [0.5, 0.6) is 0 Å². The average molecular weight is 268 g/mol. The Labute approximate surface area is 115 Å². The van der Waals surface area contributed by atoms with E-state index < -0.39 is 0 Å². The summed E-state index contributed by atoms with van der Waals surface area (Å²) in [6.07, 6.45) is 3.25. The Morgan fingerprint density at radius 3 is 2.44 bits per heavy atom. The summed E-state index contributed by atoms with van der Waals surface area (Å²) in [5.74, 6) is 0. The number of hydrogen-bond acceptors (Lipinski definition) is 4. The molecule has 0 fully saturated rings. The summed E-state index contributed by atoms with van der Waals surface area (Å²) >= 11 is 1.78. The molecule has 102 valence electrons. The Balaban J connectivity index is 2.00. The van der Waals surface area contributed by atoms with Crippen molar-refractivity contribution >= 4 is 11.8 Å². The van der Waals surface area contributed by atoms with Crippen LogP contribution in [0.25, 0.3) is 0 Å². The molecule has 0 aliphatic rings. The predicted octanol–water partition coefficient (Wildman–Crippen LogP) is 2.12. The van der Waals surface area contributed by atoms with Crippen molar-refractivity contribution in [1.82, 2.24) is 10.6 Å². The van der Waals surface area contributed by atoms with Gasteiger partial charge in [0, 0.05) is 25.1 Å². The van der Waals surface area contributed by atoms with Crippen molar-refractivity contribution in [3.63, 3.8) is 0 Å². The molecular formula is C14H24N2OS. The third-order valence-electron chi connectivity index (χ3n) is 2.68. The molecule has 0 unspecified atom stereocenters. The van der Waals surface area contributed by atoms with Crippen molar-refractivity contribution in [2.24, 2.45) is 0 Å². The van der Waals surface area contributed by atoms with E-state index in [9.17, 15) is 0 Å². The minimum atomic E-state index is 0.787. The highest BCUT2D eigenvalue weighted by Gasteiger charge is 1.94. The van der Waals surface area contributed by atoms with Gasteiger partial charge in [0.15, 0.2) is 0 Å². The van der Waals surface area contributed by atoms with Crippen LogP contribution in [0.2, 0.25) is 0 Å². The van der Waals surface area contributed by atoms with E-state index in [1.54, 1.807) is 18.9 Å². The molecule has 0 spiro atoms. The number of methoxy groups -OCH3 is 1. The molecule has 0 amide bonds. The zero-order chi connectivity index (χ0) is 13.1. The molecule has 1 aromatic carbocycles. The summed E-state index contributed by atoms with van der Waals surface area (Å²) in [6, 6.07) is 8.73. The highest BCUT2D eigenvalue weighted by molar-refractivity contribution is 7.98. The predicted molar refractivity (Wildman–Crippen MR) is 79.3 cm³/mol. The summed E-state index contributed by atoms with van der Waals surface area (Å²) in [7, 11) is 1.73. The number of benzene rings is 1. The smallest absolute Gasteiger partial charge is 0.0587 e. The molecule has 0 aliphatic carbocycles. The quantitative estimate of drug-likeness (QED) is 0.503. The lowest BCUT2D eigenvalue weighted by Gasteiger charge is -2.06. The molecule has 1 rings (SSSR count). The van der Waals surface area contributed by atoms with Gasteiger partial charge in [0.2, 0.25) is 0 Å². The third kappa shape index (κ3) is 7.01. The Kier molecular flexibility index (Phi) is 8.94. The van der Waals surface area contributed by atoms with Crippen molar-refractivity contribution in [3.8, 4) is 0 Å². The standard InChI is InChI=1S/C14H24N2OS/c1-17-11-10-15-8-3-9-16-12-13-4-6-14(18-2)7-5-13/h4-7,15-16H,3,8-12H2,1-2H3. The zero-order valence-corrected chi connectivity index (χ0v) is 12.2. The van der Waals surface area contributed by atoms with E-state index in [2.05, 4.69) is 41.2 Å². The fraction of sp³-hybridized carbons (Fsp3) is 0.571. The second-order valence-corrected chi connectivity index (χ2v) is 5.00. The largest absolute Gasteiger partial charge is 0.383 e. The number of ether oxygens (including phenoxy) is 1. The van der Waals surface area contributed by atoms with Gasteiger partial charge in [0.1, 0.15) is 0 Å². The molecule has 4 heteroatoms. The second-order valence-electron chi connectivity index (χ2n) is 4.12. The van der Waals surface area contributed by atoms with Crippen LogP contribution < -0.4 is 10.6 Å². The van der Waals surface area contributed by atoms with E-state index in [1.165, 1.54) is 10.5 Å². The van der Waals surface area contributed by atoms with Crippen LogP contribution in [0.4, 0.5) is 0 Å². The topological polar surface area (TPSA) is 33.3 Å². The van der Waals surface area contributed by atoms with Crippen LogP contribution in [-0.4, -0.2) is 39.6 Å². The van der Waals surface area contributed by atoms with E-state index >= 15 is 0 Å². The molecule has 0 bridgehead atoms. The van der Waals surface area contributed by atoms with Crippen LogP contribution in [0.3, 0.4) is 0 Å². The number of rotatable bonds is 10. The zero-order valence-electron chi connectivity index (χ0n) is 11.4. The van der Waals surface area contributed by atoms with Crippen molar-refractivity contribution in [2.45, 2.75) is 17.9 Å². The van der Waals surface area contributed by atoms with E-state index in [1.807, 2.05) is 0 Å². The van der Waals surface area contributed by atoms with Crippen molar-refractivity contribution in [3.05, 3.63) is 29.8 Å². The average Bonchev–Trinajstić information content (AvgIpc) is 2.42. The summed E-state index contributed by atoms with van der Waals surface area (Å²) < 4.78 is 4.97. The fourth-order valence-electron chi connectivity index (χ4n) is 1.61. The van der Waals surface area contributed by atoms with Gasteiger partial charge in [-0.25, -0.2) is 0 Å². The highest BCUT2D eigenvalue weighted by atomic mass is 32.2. The van der Waals surface area contributed by atoms with E-state index in [0.717, 1.165) is 39.2 Å². The molecule has 0 saturated heterocycles. The van der Waals surface area contributed by atoms with Gasteiger partial charge < -0.3 is 15.4 Å². The van der Waals surface area contributed by atoms with Crippen molar-refractivity contribution in [2.75, 3.05) is 39.6 Å². The van der Waals surface area contributed by atoms with Gasteiger partial charge >= 0.3 is 0 Å². The lowest BCUT2D eigenvalue weighted by molar-refractivity contribution is 0.199. The first kappa shape index (κ1) is 15.5. The summed E-state index contributed by atoms with van der Waals surface area (Å²) in [5, 5.41) is 6.78. The molecule has 0 saturated carbocycles. The van der Waals surface area contributed by atoms with Crippen LogP contribution in [0.1, 0.15) is 12.0 Å². The summed E-state index contributed by atoms with van der Waals surface area (Å²) in [4.78, 5) is 1.32. The molecule has 0 radical (unpaired) electrons. The summed E-state index contributed by atoms with van der Waals surface area (Å²) in [6.45, 7) is 4.76. The molecule has 0 atom stereocenters. The number of nitrogens with one attached hydrogen (secondary N) is 2. The Hall–Kier alpha value is -0.550. The van der Waals surface area contributed by atoms with Gasteiger partial charge in [-0.15, -0.1) is 11.8 Å². The minimum Gasteiger partial charge on any atom is -0.383 e. The maximum atomic E-state index is 4.97.